The molecule has 0 aromatic heterocycles. The molecule has 4 nitrogen and oxygen atoms in total. The maximum absolute atomic E-state index is 12.6. The molecule has 0 atom stereocenters. The van der Waals surface area contributed by atoms with Crippen LogP contribution in [0.5, 0.6) is 5.75 Å². The van der Waals surface area contributed by atoms with Crippen molar-refractivity contribution in [3.8, 4) is 5.75 Å². The average Bonchev–Trinajstić information content (AvgIpc) is 2.93. The number of halogens is 2. The Kier molecular flexibility index (Phi) is 8.74. The lowest BCUT2D eigenvalue weighted by Crippen LogP contribution is -2.02. The molecule has 0 saturated heterocycles. The highest BCUT2D eigenvalue weighted by molar-refractivity contribution is 9.11. The third kappa shape index (κ3) is 6.27. The van der Waals surface area contributed by atoms with Gasteiger partial charge in [0.1, 0.15) is 5.75 Å². The molecule has 0 unspecified atom stereocenters. The van der Waals surface area contributed by atoms with E-state index in [4.69, 9.17) is 9.84 Å². The van der Waals surface area contributed by atoms with Crippen LogP contribution >= 0.6 is 31.9 Å². The number of hydrogen-bond donors (Lipinski definition) is 1. The molecule has 0 aliphatic rings. The molecule has 5 aromatic rings. The Labute approximate surface area is 232 Å². The van der Waals surface area contributed by atoms with E-state index in [0.29, 0.717) is 16.5 Å². The van der Waals surface area contributed by atoms with Gasteiger partial charge in [0.05, 0.1) is 12.7 Å². The van der Waals surface area contributed by atoms with Crippen LogP contribution < -0.4 is 4.74 Å². The van der Waals surface area contributed by atoms with Crippen molar-refractivity contribution in [3.05, 3.63) is 123 Å². The van der Waals surface area contributed by atoms with Gasteiger partial charge in [-0.3, -0.25) is 4.79 Å². The van der Waals surface area contributed by atoms with Gasteiger partial charge in [0.2, 0.25) is 0 Å². The number of carbonyl (C=O) groups is 2. The molecular weight excluding hydrogens is 596 g/mol. The molecule has 0 spiro atoms. The van der Waals surface area contributed by atoms with Gasteiger partial charge < -0.3 is 9.84 Å². The van der Waals surface area contributed by atoms with Crippen molar-refractivity contribution in [2.75, 3.05) is 7.11 Å². The molecule has 0 fully saturated rings. The summed E-state index contributed by atoms with van der Waals surface area (Å²) in [4.78, 5) is 23.4. The number of aryl methyl sites for hydroxylation is 1. The Morgan fingerprint density at radius 1 is 0.703 bits per heavy atom. The van der Waals surface area contributed by atoms with E-state index >= 15 is 0 Å². The summed E-state index contributed by atoms with van der Waals surface area (Å²) in [5.41, 5.74) is 2.18. The zero-order valence-electron chi connectivity index (χ0n) is 20.1. The number of ketones is 1. The van der Waals surface area contributed by atoms with E-state index in [9.17, 15) is 9.59 Å². The van der Waals surface area contributed by atoms with E-state index in [2.05, 4.69) is 31.9 Å². The smallest absolute Gasteiger partial charge is 0.336 e. The zero-order valence-corrected chi connectivity index (χ0v) is 23.3. The van der Waals surface area contributed by atoms with Crippen LogP contribution in [0.1, 0.15) is 32.7 Å². The van der Waals surface area contributed by atoms with Gasteiger partial charge in [0.25, 0.3) is 0 Å². The number of fused-ring (bicyclic) bond motifs is 2. The second-order valence-corrected chi connectivity index (χ2v) is 9.96. The molecule has 5 aromatic carbocycles. The summed E-state index contributed by atoms with van der Waals surface area (Å²) < 4.78 is 6.67. The normalized spacial score (nSPS) is 10.6. The summed E-state index contributed by atoms with van der Waals surface area (Å²) in [5.74, 6) is 0.0680. The van der Waals surface area contributed by atoms with Gasteiger partial charge >= 0.3 is 5.97 Å². The monoisotopic (exact) mass is 618 g/mol. The number of hydrogen-bond acceptors (Lipinski definition) is 3. The van der Waals surface area contributed by atoms with E-state index in [1.54, 1.807) is 13.2 Å². The third-order valence-electron chi connectivity index (χ3n) is 6.06. The number of ether oxygens (including phenoxy) is 1. The summed E-state index contributed by atoms with van der Waals surface area (Å²) in [6, 6.07) is 30.9. The number of methoxy groups -OCH3 is 1. The van der Waals surface area contributed by atoms with E-state index in [-0.39, 0.29) is 5.78 Å². The number of Topliss-reactive ketones (excluding diaryl/α,β-unsaturated/α-hetero) is 1. The molecule has 37 heavy (non-hydrogen) atoms. The van der Waals surface area contributed by atoms with Crippen molar-refractivity contribution in [3.63, 3.8) is 0 Å². The molecule has 0 bridgehead atoms. The highest BCUT2D eigenvalue weighted by Crippen LogP contribution is 2.29. The maximum atomic E-state index is 12.6. The zero-order chi connectivity index (χ0) is 26.4. The van der Waals surface area contributed by atoms with Crippen LogP contribution in [0.3, 0.4) is 0 Å². The molecule has 0 aliphatic heterocycles. The van der Waals surface area contributed by atoms with Crippen LogP contribution in [0.2, 0.25) is 0 Å². The standard InChI is InChI=1S/C20H17BrO2.C11H7BrO2/c1-23-16-10-6-14(7-11-16)8-13-19(22)18-12-9-15-4-2-3-5-17(15)20(18)21;12-10-8-4-2-1-3-7(8)5-6-9(10)11(13)14/h2-7,9-12H,8,13H2,1H3;1-6H,(H,13,14). The minimum atomic E-state index is -0.914. The molecule has 1 N–H and O–H groups in total. The largest absolute Gasteiger partial charge is 0.497 e. The van der Waals surface area contributed by atoms with Gasteiger partial charge in [-0.05, 0) is 89.7 Å². The van der Waals surface area contributed by atoms with E-state index in [1.807, 2.05) is 91.0 Å². The Morgan fingerprint density at radius 2 is 1.22 bits per heavy atom. The quantitative estimate of drug-likeness (QED) is 0.193. The molecule has 0 saturated carbocycles. The Hall–Kier alpha value is -3.48. The molecule has 0 heterocycles. The summed E-state index contributed by atoms with van der Waals surface area (Å²) in [6.45, 7) is 0. The van der Waals surface area contributed by atoms with Crippen LogP contribution in [0, 0.1) is 0 Å². The van der Waals surface area contributed by atoms with Gasteiger partial charge in [0, 0.05) is 20.9 Å². The number of carboxylic acid groups (broad SMARTS) is 1. The van der Waals surface area contributed by atoms with Gasteiger partial charge in [-0.15, -0.1) is 0 Å². The molecular formula is C31H24Br2O4. The first-order chi connectivity index (χ1) is 17.9. The highest BCUT2D eigenvalue weighted by atomic mass is 79.9. The molecule has 0 amide bonds. The van der Waals surface area contributed by atoms with E-state index in [0.717, 1.165) is 49.3 Å². The first-order valence-corrected chi connectivity index (χ1v) is 13.2. The fourth-order valence-electron chi connectivity index (χ4n) is 4.03. The second-order valence-electron chi connectivity index (χ2n) is 8.37. The Balaban J connectivity index is 0.000000195. The minimum absolute atomic E-state index is 0.151. The van der Waals surface area contributed by atoms with Gasteiger partial charge in [-0.25, -0.2) is 4.79 Å². The molecule has 6 heteroatoms. The number of benzene rings is 5. The topological polar surface area (TPSA) is 63.6 Å². The lowest BCUT2D eigenvalue weighted by Gasteiger charge is -2.08. The second kappa shape index (κ2) is 12.2. The van der Waals surface area contributed by atoms with Crippen LogP contribution in [0.15, 0.2) is 106 Å². The average molecular weight is 620 g/mol. The molecule has 0 radical (unpaired) electrons. The Morgan fingerprint density at radius 3 is 1.76 bits per heavy atom. The van der Waals surface area contributed by atoms with Crippen molar-refractivity contribution >= 4 is 65.2 Å². The van der Waals surface area contributed by atoms with Crippen molar-refractivity contribution in [2.24, 2.45) is 0 Å². The van der Waals surface area contributed by atoms with E-state index in [1.165, 1.54) is 0 Å². The fourth-order valence-corrected chi connectivity index (χ4v) is 5.41. The lowest BCUT2D eigenvalue weighted by molar-refractivity contribution is 0.0696. The van der Waals surface area contributed by atoms with Crippen molar-refractivity contribution in [1.29, 1.82) is 0 Å². The summed E-state index contributed by atoms with van der Waals surface area (Å²) >= 11 is 6.89. The van der Waals surface area contributed by atoms with Crippen LogP contribution in [0.4, 0.5) is 0 Å². The summed E-state index contributed by atoms with van der Waals surface area (Å²) in [5, 5.41) is 13.1. The summed E-state index contributed by atoms with van der Waals surface area (Å²) in [6.07, 6.45) is 1.21. The number of carboxylic acids is 1. The third-order valence-corrected chi connectivity index (χ3v) is 7.77. The summed E-state index contributed by atoms with van der Waals surface area (Å²) in [7, 11) is 1.65. The predicted molar refractivity (Wildman–Crippen MR) is 156 cm³/mol. The van der Waals surface area contributed by atoms with E-state index < -0.39 is 5.97 Å². The first-order valence-electron chi connectivity index (χ1n) is 11.6. The molecule has 5 rings (SSSR count). The Bertz CT molecular complexity index is 1580. The van der Waals surface area contributed by atoms with Crippen LogP contribution in [-0.4, -0.2) is 24.0 Å². The molecule has 0 aliphatic carbocycles. The van der Waals surface area contributed by atoms with Crippen LogP contribution in [0.25, 0.3) is 21.5 Å². The van der Waals surface area contributed by atoms with Crippen molar-refractivity contribution in [2.45, 2.75) is 12.8 Å². The minimum Gasteiger partial charge on any atom is -0.497 e. The fraction of sp³-hybridized carbons (Fsp3) is 0.0968. The number of carbonyl (C=O) groups excluding carboxylic acids is 1. The van der Waals surface area contributed by atoms with Crippen molar-refractivity contribution < 1.29 is 19.4 Å². The molecule has 186 valence electrons. The van der Waals surface area contributed by atoms with Crippen LogP contribution in [-0.2, 0) is 6.42 Å². The first kappa shape index (κ1) is 26.6. The SMILES string of the molecule is COc1ccc(CCC(=O)c2ccc3ccccc3c2Br)cc1.O=C(O)c1ccc2ccccc2c1Br. The lowest BCUT2D eigenvalue weighted by atomic mass is 10.00. The predicted octanol–water partition coefficient (Wildman–Crippen LogP) is 8.73. The van der Waals surface area contributed by atoms with Gasteiger partial charge in [0.15, 0.2) is 5.78 Å². The highest BCUT2D eigenvalue weighted by Gasteiger charge is 2.13. The van der Waals surface area contributed by atoms with Crippen molar-refractivity contribution in [1.82, 2.24) is 0 Å². The number of aromatic carboxylic acids is 1. The number of rotatable bonds is 6. The maximum Gasteiger partial charge on any atom is 0.336 e. The van der Waals surface area contributed by atoms with Gasteiger partial charge in [-0.2, -0.15) is 0 Å². The van der Waals surface area contributed by atoms with Gasteiger partial charge in [-0.1, -0.05) is 72.8 Å².